The van der Waals surface area contributed by atoms with Gasteiger partial charge in [0.15, 0.2) is 0 Å². The Labute approximate surface area is 109 Å². The maximum absolute atomic E-state index is 10.9. The number of carbonyl (C=O) groups is 1. The molecule has 3 atom stereocenters. The van der Waals surface area contributed by atoms with Crippen LogP contribution in [0.4, 0.5) is 0 Å². The zero-order chi connectivity index (χ0) is 13.7. The molecule has 3 unspecified atom stereocenters. The molecule has 3 heteroatoms. The second-order valence-electron chi connectivity index (χ2n) is 5.48. The lowest BCUT2D eigenvalue weighted by molar-refractivity contribution is -0.105. The summed E-state index contributed by atoms with van der Waals surface area (Å²) in [5.41, 5.74) is 1.44. The van der Waals surface area contributed by atoms with Crippen LogP contribution in [-0.2, 0) is 4.79 Å². The number of aliphatic hydroxyl groups is 2. The van der Waals surface area contributed by atoms with E-state index in [4.69, 9.17) is 0 Å². The van der Waals surface area contributed by atoms with Crippen LogP contribution >= 0.6 is 0 Å². The van der Waals surface area contributed by atoms with Crippen molar-refractivity contribution in [3.63, 3.8) is 0 Å². The molecular formula is C15H24O3. The summed E-state index contributed by atoms with van der Waals surface area (Å²) < 4.78 is 0. The number of rotatable bonds is 2. The molecule has 0 saturated carbocycles. The fraction of sp³-hybridized carbons (Fsp3) is 0.667. The molecule has 0 bridgehead atoms. The smallest absolute Gasteiger partial charge is 0.145 e. The van der Waals surface area contributed by atoms with Crippen molar-refractivity contribution in [2.45, 2.75) is 51.7 Å². The van der Waals surface area contributed by atoms with E-state index >= 15 is 0 Å². The Balaban J connectivity index is 2.92. The fourth-order valence-corrected chi connectivity index (χ4v) is 2.51. The van der Waals surface area contributed by atoms with Gasteiger partial charge in [-0.05, 0) is 48.7 Å². The fourth-order valence-electron chi connectivity index (χ4n) is 2.51. The quantitative estimate of drug-likeness (QED) is 0.585. The van der Waals surface area contributed by atoms with Crippen molar-refractivity contribution in [2.75, 3.05) is 0 Å². The molecule has 0 amide bonds. The number of aldehydes is 1. The average molecular weight is 252 g/mol. The average Bonchev–Trinajstić information content (AvgIpc) is 2.34. The highest BCUT2D eigenvalue weighted by Crippen LogP contribution is 2.29. The number of carbonyl (C=O) groups excluding carboxylic acids is 1. The Bertz CT molecular complexity index is 331. The maximum atomic E-state index is 10.9. The third-order valence-corrected chi connectivity index (χ3v) is 3.83. The van der Waals surface area contributed by atoms with Gasteiger partial charge in [-0.2, -0.15) is 0 Å². The van der Waals surface area contributed by atoms with E-state index in [0.717, 1.165) is 11.9 Å². The van der Waals surface area contributed by atoms with Gasteiger partial charge in [-0.1, -0.05) is 26.5 Å². The molecule has 1 rings (SSSR count). The van der Waals surface area contributed by atoms with E-state index in [0.29, 0.717) is 31.3 Å². The Morgan fingerprint density at radius 2 is 2.06 bits per heavy atom. The molecule has 0 radical (unpaired) electrons. The van der Waals surface area contributed by atoms with Crippen molar-refractivity contribution in [1.29, 1.82) is 0 Å². The monoisotopic (exact) mass is 252 g/mol. The molecule has 0 heterocycles. The number of hydrogen-bond acceptors (Lipinski definition) is 3. The Hall–Kier alpha value is -0.930. The molecule has 1 aliphatic carbocycles. The molecular weight excluding hydrogens is 228 g/mol. The highest BCUT2D eigenvalue weighted by molar-refractivity contribution is 5.72. The molecule has 18 heavy (non-hydrogen) atoms. The van der Waals surface area contributed by atoms with Crippen molar-refractivity contribution in [3.05, 3.63) is 23.8 Å². The van der Waals surface area contributed by atoms with E-state index in [1.54, 1.807) is 0 Å². The van der Waals surface area contributed by atoms with E-state index in [9.17, 15) is 15.0 Å². The maximum Gasteiger partial charge on any atom is 0.145 e. The standard InChI is InChI=1S/C15H24O3/c1-10(2)13-8-7-12(9-16)6-4-5-11(3)14(17)15(13)18/h6,9-10,13-15,17-18H,3-5,7-8H2,1-2H3. The first kappa shape index (κ1) is 15.1. The molecule has 0 fully saturated rings. The summed E-state index contributed by atoms with van der Waals surface area (Å²) in [5.74, 6) is 0.243. The lowest BCUT2D eigenvalue weighted by Crippen LogP contribution is -2.37. The molecule has 3 nitrogen and oxygen atoms in total. The van der Waals surface area contributed by atoms with Gasteiger partial charge in [-0.3, -0.25) is 4.79 Å². The van der Waals surface area contributed by atoms with Gasteiger partial charge in [-0.15, -0.1) is 0 Å². The first-order valence-corrected chi connectivity index (χ1v) is 6.65. The van der Waals surface area contributed by atoms with Gasteiger partial charge in [-0.25, -0.2) is 0 Å². The zero-order valence-electron chi connectivity index (χ0n) is 11.3. The largest absolute Gasteiger partial charge is 0.390 e. The van der Waals surface area contributed by atoms with Crippen LogP contribution in [0, 0.1) is 11.8 Å². The normalized spacial score (nSPS) is 31.1. The summed E-state index contributed by atoms with van der Waals surface area (Å²) in [6, 6.07) is 0. The molecule has 0 saturated heterocycles. The summed E-state index contributed by atoms with van der Waals surface area (Å²) in [4.78, 5) is 10.9. The van der Waals surface area contributed by atoms with Crippen molar-refractivity contribution in [2.24, 2.45) is 11.8 Å². The molecule has 0 aliphatic heterocycles. The SMILES string of the molecule is C=C1CCC=C(C=O)CCC(C(C)C)C(O)C1O. The third kappa shape index (κ3) is 3.79. The summed E-state index contributed by atoms with van der Waals surface area (Å²) in [6.45, 7) is 7.89. The zero-order valence-corrected chi connectivity index (χ0v) is 11.3. The minimum Gasteiger partial charge on any atom is -0.390 e. The first-order chi connectivity index (χ1) is 8.47. The van der Waals surface area contributed by atoms with Gasteiger partial charge in [0, 0.05) is 0 Å². The van der Waals surface area contributed by atoms with Crippen molar-refractivity contribution >= 4 is 6.29 Å². The minimum absolute atomic E-state index is 0.0156. The van der Waals surface area contributed by atoms with Crippen LogP contribution in [0.2, 0.25) is 0 Å². The number of allylic oxidation sites excluding steroid dienone is 2. The van der Waals surface area contributed by atoms with Gasteiger partial charge < -0.3 is 10.2 Å². The minimum atomic E-state index is -0.858. The number of aliphatic hydroxyl groups excluding tert-OH is 2. The van der Waals surface area contributed by atoms with E-state index < -0.39 is 12.2 Å². The van der Waals surface area contributed by atoms with E-state index in [1.165, 1.54) is 0 Å². The molecule has 102 valence electrons. The topological polar surface area (TPSA) is 57.5 Å². The van der Waals surface area contributed by atoms with E-state index in [2.05, 4.69) is 6.58 Å². The van der Waals surface area contributed by atoms with Crippen molar-refractivity contribution in [3.8, 4) is 0 Å². The Kier molecular flexibility index (Phi) is 5.76. The van der Waals surface area contributed by atoms with Crippen LogP contribution < -0.4 is 0 Å². The Morgan fingerprint density at radius 3 is 2.61 bits per heavy atom. The van der Waals surface area contributed by atoms with Crippen molar-refractivity contribution in [1.82, 2.24) is 0 Å². The van der Waals surface area contributed by atoms with Gasteiger partial charge in [0.2, 0.25) is 0 Å². The summed E-state index contributed by atoms with van der Waals surface area (Å²) in [7, 11) is 0. The van der Waals surface area contributed by atoms with Crippen LogP contribution in [0.1, 0.15) is 39.5 Å². The predicted molar refractivity (Wildman–Crippen MR) is 72.1 cm³/mol. The van der Waals surface area contributed by atoms with E-state index in [1.807, 2.05) is 19.9 Å². The van der Waals surface area contributed by atoms with Gasteiger partial charge in [0.25, 0.3) is 0 Å². The van der Waals surface area contributed by atoms with E-state index in [-0.39, 0.29) is 11.8 Å². The predicted octanol–water partition coefficient (Wildman–Crippen LogP) is 2.24. The highest BCUT2D eigenvalue weighted by Gasteiger charge is 2.30. The molecule has 1 aliphatic rings. The van der Waals surface area contributed by atoms with Crippen LogP contribution in [0.25, 0.3) is 0 Å². The summed E-state index contributed by atoms with van der Waals surface area (Å²) in [5, 5.41) is 20.3. The van der Waals surface area contributed by atoms with Gasteiger partial charge in [0.05, 0.1) is 6.10 Å². The highest BCUT2D eigenvalue weighted by atomic mass is 16.3. The van der Waals surface area contributed by atoms with Crippen LogP contribution in [-0.4, -0.2) is 28.7 Å². The molecule has 0 aromatic carbocycles. The first-order valence-electron chi connectivity index (χ1n) is 6.65. The second kappa shape index (κ2) is 6.86. The van der Waals surface area contributed by atoms with Gasteiger partial charge >= 0.3 is 0 Å². The Morgan fingerprint density at radius 1 is 1.39 bits per heavy atom. The van der Waals surface area contributed by atoms with Crippen LogP contribution in [0.15, 0.2) is 23.8 Å². The molecule has 2 N–H and O–H groups in total. The lowest BCUT2D eigenvalue weighted by Gasteiger charge is -2.31. The third-order valence-electron chi connectivity index (χ3n) is 3.83. The van der Waals surface area contributed by atoms with Crippen LogP contribution in [0.3, 0.4) is 0 Å². The van der Waals surface area contributed by atoms with Crippen LogP contribution in [0.5, 0.6) is 0 Å². The number of hydrogen-bond donors (Lipinski definition) is 2. The molecule has 0 aromatic rings. The van der Waals surface area contributed by atoms with Crippen molar-refractivity contribution < 1.29 is 15.0 Å². The molecule has 0 spiro atoms. The summed E-state index contributed by atoms with van der Waals surface area (Å²) >= 11 is 0. The van der Waals surface area contributed by atoms with Gasteiger partial charge in [0.1, 0.15) is 12.4 Å². The summed E-state index contributed by atoms with van der Waals surface area (Å²) in [6.07, 6.45) is 3.86. The lowest BCUT2D eigenvalue weighted by atomic mass is 9.80. The second-order valence-corrected chi connectivity index (χ2v) is 5.48. The molecule has 0 aromatic heterocycles.